The monoisotopic (exact) mass is 247 g/mol. The van der Waals surface area contributed by atoms with Crippen molar-refractivity contribution in [3.63, 3.8) is 0 Å². The van der Waals surface area contributed by atoms with Gasteiger partial charge in [0.25, 0.3) is 0 Å². The van der Waals surface area contributed by atoms with E-state index in [0.29, 0.717) is 13.2 Å². The van der Waals surface area contributed by atoms with Gasteiger partial charge in [0.05, 0.1) is 12.1 Å². The van der Waals surface area contributed by atoms with Crippen molar-refractivity contribution in [1.82, 2.24) is 5.06 Å². The van der Waals surface area contributed by atoms with Crippen LogP contribution >= 0.6 is 34.8 Å². The highest BCUT2D eigenvalue weighted by molar-refractivity contribution is 6.68. The van der Waals surface area contributed by atoms with Gasteiger partial charge in [-0.1, -0.05) is 41.7 Å². The Kier molecular flexibility index (Phi) is 5.34. The van der Waals surface area contributed by atoms with Crippen molar-refractivity contribution in [3.8, 4) is 0 Å². The first-order chi connectivity index (χ1) is 5.77. The number of hydrogen-bond donors (Lipinski definition) is 0. The Morgan fingerprint density at radius 3 is 1.85 bits per heavy atom. The van der Waals surface area contributed by atoms with Crippen LogP contribution in [0.15, 0.2) is 0 Å². The zero-order chi connectivity index (χ0) is 10.7. The van der Waals surface area contributed by atoms with E-state index in [0.717, 1.165) is 0 Å². The van der Waals surface area contributed by atoms with Gasteiger partial charge in [0, 0.05) is 6.54 Å². The van der Waals surface area contributed by atoms with Crippen molar-refractivity contribution < 1.29 is 4.84 Å². The summed E-state index contributed by atoms with van der Waals surface area (Å²) in [6, 6.07) is 0. The largest absolute Gasteiger partial charge is 0.299 e. The van der Waals surface area contributed by atoms with Crippen molar-refractivity contribution in [2.45, 2.75) is 37.0 Å². The molecule has 0 radical (unpaired) electrons. The molecule has 0 amide bonds. The van der Waals surface area contributed by atoms with E-state index in [2.05, 4.69) is 0 Å². The summed E-state index contributed by atoms with van der Waals surface area (Å²) in [7, 11) is 0. The van der Waals surface area contributed by atoms with Crippen LogP contribution in [-0.4, -0.2) is 27.5 Å². The highest BCUT2D eigenvalue weighted by Crippen LogP contribution is 2.41. The van der Waals surface area contributed by atoms with Gasteiger partial charge in [-0.3, -0.25) is 4.84 Å². The van der Waals surface area contributed by atoms with Crippen molar-refractivity contribution in [3.05, 3.63) is 0 Å². The Bertz CT molecular complexity index is 156. The maximum atomic E-state index is 5.84. The maximum Gasteiger partial charge on any atom is 0.210 e. The Morgan fingerprint density at radius 1 is 1.15 bits per heavy atom. The van der Waals surface area contributed by atoms with E-state index in [-0.39, 0.29) is 0 Å². The van der Waals surface area contributed by atoms with Crippen LogP contribution in [0.1, 0.15) is 27.7 Å². The first-order valence-corrected chi connectivity index (χ1v) is 5.38. The minimum absolute atomic E-state index is 0.567. The summed E-state index contributed by atoms with van der Waals surface area (Å²) in [6.07, 6.45) is 0. The molecule has 0 aliphatic heterocycles. The molecule has 0 saturated heterocycles. The highest BCUT2D eigenvalue weighted by Gasteiger charge is 2.45. The quantitative estimate of drug-likeness (QED) is 0.558. The van der Waals surface area contributed by atoms with E-state index in [1.165, 1.54) is 0 Å². The molecule has 80 valence electrons. The van der Waals surface area contributed by atoms with Crippen molar-refractivity contribution in [2.24, 2.45) is 0 Å². The molecule has 0 aliphatic rings. The summed E-state index contributed by atoms with van der Waals surface area (Å²) in [4.78, 5) is 5.36. The zero-order valence-electron chi connectivity index (χ0n) is 8.40. The molecule has 0 aromatic carbocycles. The van der Waals surface area contributed by atoms with Gasteiger partial charge in [-0.25, -0.2) is 0 Å². The maximum absolute atomic E-state index is 5.84. The van der Waals surface area contributed by atoms with Crippen LogP contribution in [0.25, 0.3) is 0 Å². The van der Waals surface area contributed by atoms with Crippen molar-refractivity contribution in [2.75, 3.05) is 13.2 Å². The molecule has 5 heteroatoms. The summed E-state index contributed by atoms with van der Waals surface area (Å²) in [5, 5.41) is 1.68. The third kappa shape index (κ3) is 3.45. The van der Waals surface area contributed by atoms with Crippen LogP contribution in [0.2, 0.25) is 0 Å². The Labute approximate surface area is 95.0 Å². The van der Waals surface area contributed by atoms with Crippen LogP contribution in [-0.2, 0) is 4.84 Å². The normalized spacial score (nSPS) is 13.8. The lowest BCUT2D eigenvalue weighted by molar-refractivity contribution is -0.207. The topological polar surface area (TPSA) is 12.5 Å². The molecule has 0 fully saturated rings. The first kappa shape index (κ1) is 13.8. The molecule has 0 saturated carbocycles. The van der Waals surface area contributed by atoms with Gasteiger partial charge in [0.15, 0.2) is 0 Å². The van der Waals surface area contributed by atoms with Gasteiger partial charge >= 0.3 is 0 Å². The van der Waals surface area contributed by atoms with Crippen LogP contribution in [0.3, 0.4) is 0 Å². The molecule has 0 spiro atoms. The fourth-order valence-electron chi connectivity index (χ4n) is 0.945. The van der Waals surface area contributed by atoms with E-state index >= 15 is 0 Å². The number of hydroxylamine groups is 2. The molecule has 0 atom stereocenters. The molecule has 0 rings (SSSR count). The number of hydrogen-bond acceptors (Lipinski definition) is 2. The molecule has 0 aromatic rings. The van der Waals surface area contributed by atoms with Gasteiger partial charge < -0.3 is 0 Å². The molecule has 0 heterocycles. The number of alkyl halides is 3. The lowest BCUT2D eigenvalue weighted by Gasteiger charge is -2.41. The molecule has 13 heavy (non-hydrogen) atoms. The second-order valence-electron chi connectivity index (χ2n) is 3.17. The minimum Gasteiger partial charge on any atom is -0.299 e. The SMILES string of the molecule is CCON(CC)C(C)(C)C(Cl)(Cl)Cl. The summed E-state index contributed by atoms with van der Waals surface area (Å²) in [5.41, 5.74) is -0.636. The molecule has 2 nitrogen and oxygen atoms in total. The van der Waals surface area contributed by atoms with E-state index in [1.54, 1.807) is 5.06 Å². The Morgan fingerprint density at radius 2 is 1.62 bits per heavy atom. The first-order valence-electron chi connectivity index (χ1n) is 4.24. The van der Waals surface area contributed by atoms with Crippen molar-refractivity contribution in [1.29, 1.82) is 0 Å². The molecule has 0 N–H and O–H groups in total. The number of nitrogens with zero attached hydrogens (tertiary/aromatic N) is 1. The minimum atomic E-state index is -1.36. The zero-order valence-corrected chi connectivity index (χ0v) is 10.7. The predicted molar refractivity (Wildman–Crippen MR) is 58.4 cm³/mol. The van der Waals surface area contributed by atoms with Crippen LogP contribution in [0, 0.1) is 0 Å². The van der Waals surface area contributed by atoms with Gasteiger partial charge in [-0.05, 0) is 20.8 Å². The lowest BCUT2D eigenvalue weighted by Crippen LogP contribution is -2.52. The number of halogens is 3. The van der Waals surface area contributed by atoms with Crippen LogP contribution in [0.5, 0.6) is 0 Å². The molecule has 0 bridgehead atoms. The molecular formula is C8H16Cl3NO. The second-order valence-corrected chi connectivity index (χ2v) is 5.45. The smallest absolute Gasteiger partial charge is 0.210 e. The Balaban J connectivity index is 4.56. The number of rotatable bonds is 4. The van der Waals surface area contributed by atoms with Gasteiger partial charge in [0.1, 0.15) is 0 Å². The van der Waals surface area contributed by atoms with E-state index in [9.17, 15) is 0 Å². The van der Waals surface area contributed by atoms with Crippen LogP contribution in [0.4, 0.5) is 0 Å². The predicted octanol–water partition coefficient (Wildman–Crippen LogP) is 3.41. The third-order valence-electron chi connectivity index (χ3n) is 1.89. The summed E-state index contributed by atoms with van der Waals surface area (Å²) < 4.78 is -1.36. The molecular weight excluding hydrogens is 232 g/mol. The molecule has 0 aliphatic carbocycles. The summed E-state index contributed by atoms with van der Waals surface area (Å²) in [6.45, 7) is 8.76. The van der Waals surface area contributed by atoms with E-state index in [4.69, 9.17) is 39.6 Å². The van der Waals surface area contributed by atoms with Gasteiger partial charge in [0.2, 0.25) is 3.79 Å². The average molecular weight is 249 g/mol. The van der Waals surface area contributed by atoms with E-state index in [1.807, 2.05) is 27.7 Å². The third-order valence-corrected chi connectivity index (χ3v) is 3.28. The molecule has 0 unspecified atom stereocenters. The summed E-state index contributed by atoms with van der Waals surface area (Å²) in [5.74, 6) is 0. The fraction of sp³-hybridized carbons (Fsp3) is 1.00. The second kappa shape index (κ2) is 5.04. The van der Waals surface area contributed by atoms with Crippen LogP contribution < -0.4 is 0 Å². The van der Waals surface area contributed by atoms with E-state index < -0.39 is 9.33 Å². The fourth-order valence-corrected chi connectivity index (χ4v) is 1.23. The van der Waals surface area contributed by atoms with Crippen molar-refractivity contribution >= 4 is 34.8 Å². The molecule has 0 aromatic heterocycles. The highest BCUT2D eigenvalue weighted by atomic mass is 35.6. The van der Waals surface area contributed by atoms with Gasteiger partial charge in [-0.2, -0.15) is 5.06 Å². The average Bonchev–Trinajstić information content (AvgIpc) is 1.97. The Hall–Kier alpha value is 0.790. The lowest BCUT2D eigenvalue weighted by atomic mass is 10.1. The summed E-state index contributed by atoms with van der Waals surface area (Å²) >= 11 is 17.5. The standard InChI is InChI=1S/C8H16Cl3NO/c1-5-12(13-6-2)7(3,4)8(9,10)11/h5-6H2,1-4H3. The van der Waals surface area contributed by atoms with Gasteiger partial charge in [-0.15, -0.1) is 0 Å².